The molecule has 0 fully saturated rings. The van der Waals surface area contributed by atoms with E-state index < -0.39 is 58.3 Å². The van der Waals surface area contributed by atoms with E-state index in [2.05, 4.69) is 9.47 Å². The molecule has 11 heteroatoms. The molecule has 1 aromatic rings. The quantitative estimate of drug-likeness (QED) is 0.632. The zero-order chi connectivity index (χ0) is 16.3. The van der Waals surface area contributed by atoms with Gasteiger partial charge in [0, 0.05) is 6.07 Å². The molecule has 0 saturated heterocycles. The van der Waals surface area contributed by atoms with Crippen LogP contribution in [-0.4, -0.2) is 34.4 Å². The molecular formula is C10H10F5NO4S. The first-order valence-electron chi connectivity index (χ1n) is 5.30. The number of benzene rings is 1. The Balaban J connectivity index is 2.75. The summed E-state index contributed by atoms with van der Waals surface area (Å²) in [6.45, 7) is -2.70. The summed E-state index contributed by atoms with van der Waals surface area (Å²) in [6, 6.07) is 0.783. The van der Waals surface area contributed by atoms with Crippen molar-refractivity contribution in [2.75, 3.05) is 19.8 Å². The Hall–Kier alpha value is -1.46. The fourth-order valence-electron chi connectivity index (χ4n) is 1.28. The summed E-state index contributed by atoms with van der Waals surface area (Å²) in [4.78, 5) is -0.948. The smallest absolute Gasteiger partial charge is 0.411 e. The van der Waals surface area contributed by atoms with Gasteiger partial charge in [0.05, 0.1) is 6.61 Å². The Kier molecular flexibility index (Phi) is 5.48. The van der Waals surface area contributed by atoms with E-state index >= 15 is 0 Å². The molecule has 0 radical (unpaired) electrons. The normalized spacial score (nSPS) is 12.5. The van der Waals surface area contributed by atoms with Crippen LogP contribution in [0.3, 0.4) is 0 Å². The number of alkyl halides is 3. The molecule has 0 unspecified atom stereocenters. The first kappa shape index (κ1) is 17.6. The van der Waals surface area contributed by atoms with Gasteiger partial charge in [-0.3, -0.25) is 0 Å². The van der Waals surface area contributed by atoms with Crippen molar-refractivity contribution in [1.82, 2.24) is 0 Å². The number of halogens is 5. The second-order valence-electron chi connectivity index (χ2n) is 3.78. The van der Waals surface area contributed by atoms with Crippen LogP contribution in [-0.2, 0) is 14.8 Å². The van der Waals surface area contributed by atoms with Crippen LogP contribution in [0.25, 0.3) is 0 Å². The monoisotopic (exact) mass is 335 g/mol. The molecule has 0 aliphatic carbocycles. The average molecular weight is 335 g/mol. The summed E-state index contributed by atoms with van der Waals surface area (Å²) in [7, 11) is -4.47. The van der Waals surface area contributed by atoms with Gasteiger partial charge in [0.1, 0.15) is 23.9 Å². The Bertz CT molecular complexity index is 602. The largest absolute Gasteiger partial charge is 0.487 e. The van der Waals surface area contributed by atoms with Crippen LogP contribution < -0.4 is 9.88 Å². The maximum absolute atomic E-state index is 13.4. The maximum atomic E-state index is 13.4. The van der Waals surface area contributed by atoms with Crippen molar-refractivity contribution in [3.8, 4) is 5.75 Å². The first-order valence-corrected chi connectivity index (χ1v) is 6.84. The Morgan fingerprint density at radius 2 is 1.76 bits per heavy atom. The zero-order valence-corrected chi connectivity index (χ0v) is 11.1. The third-order valence-corrected chi connectivity index (χ3v) is 2.94. The van der Waals surface area contributed by atoms with Gasteiger partial charge >= 0.3 is 6.18 Å². The van der Waals surface area contributed by atoms with Crippen molar-refractivity contribution in [3.05, 3.63) is 23.8 Å². The number of primary sulfonamides is 1. The highest BCUT2D eigenvalue weighted by atomic mass is 32.2. The third kappa shape index (κ3) is 5.81. The summed E-state index contributed by atoms with van der Waals surface area (Å²) in [5.74, 6) is -3.43. The molecule has 0 amide bonds. The minimum atomic E-state index is -4.53. The highest BCUT2D eigenvalue weighted by molar-refractivity contribution is 7.89. The number of rotatable bonds is 6. The van der Waals surface area contributed by atoms with Crippen LogP contribution in [0.1, 0.15) is 0 Å². The van der Waals surface area contributed by atoms with Gasteiger partial charge < -0.3 is 9.47 Å². The van der Waals surface area contributed by atoms with E-state index in [4.69, 9.17) is 5.14 Å². The summed E-state index contributed by atoms with van der Waals surface area (Å²) in [6.07, 6.45) is -4.53. The third-order valence-electron chi connectivity index (χ3n) is 2.02. The Morgan fingerprint density at radius 1 is 1.14 bits per heavy atom. The SMILES string of the molecule is NS(=O)(=O)c1cc(F)cc(F)c1OCCOCC(F)(F)F. The van der Waals surface area contributed by atoms with Crippen molar-refractivity contribution < 1.29 is 39.8 Å². The molecule has 120 valence electrons. The number of nitrogens with two attached hydrogens (primary N) is 1. The van der Waals surface area contributed by atoms with E-state index in [1.165, 1.54) is 0 Å². The van der Waals surface area contributed by atoms with Gasteiger partial charge in [0.2, 0.25) is 10.0 Å². The maximum Gasteiger partial charge on any atom is 0.411 e. The number of hydrogen-bond donors (Lipinski definition) is 1. The lowest BCUT2D eigenvalue weighted by atomic mass is 10.3. The van der Waals surface area contributed by atoms with E-state index in [1.54, 1.807) is 0 Å². The number of hydrogen-bond acceptors (Lipinski definition) is 4. The van der Waals surface area contributed by atoms with Crippen LogP contribution in [0.15, 0.2) is 17.0 Å². The van der Waals surface area contributed by atoms with Crippen molar-refractivity contribution in [2.24, 2.45) is 5.14 Å². The van der Waals surface area contributed by atoms with Gasteiger partial charge in [-0.25, -0.2) is 22.3 Å². The summed E-state index contributed by atoms with van der Waals surface area (Å²) in [5, 5.41) is 4.76. The molecule has 0 atom stereocenters. The average Bonchev–Trinajstić information content (AvgIpc) is 2.27. The van der Waals surface area contributed by atoms with Crippen LogP contribution in [0.5, 0.6) is 5.75 Å². The molecule has 0 spiro atoms. The van der Waals surface area contributed by atoms with Crippen molar-refractivity contribution in [1.29, 1.82) is 0 Å². The Labute approximate surface area is 116 Å². The predicted molar refractivity (Wildman–Crippen MR) is 60.1 cm³/mol. The molecule has 0 heterocycles. The molecule has 1 aromatic carbocycles. The fourth-order valence-corrected chi connectivity index (χ4v) is 1.97. The van der Waals surface area contributed by atoms with Crippen molar-refractivity contribution in [3.63, 3.8) is 0 Å². The van der Waals surface area contributed by atoms with Gasteiger partial charge in [-0.15, -0.1) is 0 Å². The molecule has 2 N–H and O–H groups in total. The van der Waals surface area contributed by atoms with E-state index in [1.807, 2.05) is 0 Å². The molecule has 0 bridgehead atoms. The van der Waals surface area contributed by atoms with Crippen molar-refractivity contribution in [2.45, 2.75) is 11.1 Å². The van der Waals surface area contributed by atoms with Gasteiger partial charge in [-0.2, -0.15) is 13.2 Å². The van der Waals surface area contributed by atoms with E-state index in [-0.39, 0.29) is 0 Å². The first-order chi connectivity index (χ1) is 9.50. The minimum absolute atomic E-state index is 0.348. The fraction of sp³-hybridized carbons (Fsp3) is 0.400. The van der Waals surface area contributed by atoms with Crippen LogP contribution in [0.2, 0.25) is 0 Å². The van der Waals surface area contributed by atoms with Gasteiger partial charge in [0.25, 0.3) is 0 Å². The molecule has 0 aromatic heterocycles. The standard InChI is InChI=1S/C10H10F5NO4S/c11-6-3-7(12)9(8(4-6)21(16,17)18)20-2-1-19-5-10(13,14)15/h3-4H,1-2,5H2,(H2,16,17,18). The van der Waals surface area contributed by atoms with Crippen LogP contribution in [0.4, 0.5) is 22.0 Å². The molecular weight excluding hydrogens is 325 g/mol. The van der Waals surface area contributed by atoms with Gasteiger partial charge in [-0.1, -0.05) is 0 Å². The second-order valence-corrected chi connectivity index (χ2v) is 5.31. The Morgan fingerprint density at radius 3 is 2.29 bits per heavy atom. The van der Waals surface area contributed by atoms with Gasteiger partial charge in [-0.05, 0) is 6.07 Å². The van der Waals surface area contributed by atoms with E-state index in [0.717, 1.165) is 0 Å². The van der Waals surface area contributed by atoms with Gasteiger partial charge in [0.15, 0.2) is 11.6 Å². The number of sulfonamides is 1. The number of ether oxygens (including phenoxy) is 2. The summed E-state index contributed by atoms with van der Waals surface area (Å²) < 4.78 is 92.9. The molecule has 21 heavy (non-hydrogen) atoms. The van der Waals surface area contributed by atoms with Crippen LogP contribution in [0, 0.1) is 11.6 Å². The molecule has 5 nitrogen and oxygen atoms in total. The molecule has 0 aliphatic heterocycles. The summed E-state index contributed by atoms with van der Waals surface area (Å²) >= 11 is 0. The highest BCUT2D eigenvalue weighted by Gasteiger charge is 2.27. The topological polar surface area (TPSA) is 78.6 Å². The minimum Gasteiger partial charge on any atom is -0.487 e. The summed E-state index contributed by atoms with van der Waals surface area (Å²) in [5.41, 5.74) is 0. The highest BCUT2D eigenvalue weighted by Crippen LogP contribution is 2.27. The second kappa shape index (κ2) is 6.54. The van der Waals surface area contributed by atoms with E-state index in [9.17, 15) is 30.4 Å². The van der Waals surface area contributed by atoms with E-state index in [0.29, 0.717) is 12.1 Å². The molecule has 0 saturated carbocycles. The lowest BCUT2D eigenvalue weighted by Crippen LogP contribution is -2.20. The zero-order valence-electron chi connectivity index (χ0n) is 10.3. The predicted octanol–water partition coefficient (Wildman–Crippen LogP) is 1.57. The lowest BCUT2D eigenvalue weighted by molar-refractivity contribution is -0.175. The van der Waals surface area contributed by atoms with Crippen molar-refractivity contribution >= 4 is 10.0 Å². The lowest BCUT2D eigenvalue weighted by Gasteiger charge is -2.12. The molecule has 0 aliphatic rings. The molecule has 1 rings (SSSR count). The van der Waals surface area contributed by atoms with Crippen LogP contribution >= 0.6 is 0 Å².